The van der Waals surface area contributed by atoms with E-state index in [4.69, 9.17) is 0 Å². The average Bonchev–Trinajstić information content (AvgIpc) is 3.04. The number of fused-ring (bicyclic) bond motifs is 3. The maximum atomic E-state index is 4.68. The standard InChI is InChI=1S/C13H11N5S/c1-2-8(6-14-5-1)16-13-17-12-9-7-15-18-10(9)3-4-11(12)19-13/h1-2,5-7H,3-4H2,(H,15,18)(H,16,17). The molecule has 5 nitrogen and oxygen atoms in total. The van der Waals surface area contributed by atoms with E-state index in [1.807, 2.05) is 18.3 Å². The van der Waals surface area contributed by atoms with Crippen LogP contribution in [0, 0.1) is 0 Å². The summed E-state index contributed by atoms with van der Waals surface area (Å²) in [5.74, 6) is 0. The molecule has 3 aromatic heterocycles. The zero-order chi connectivity index (χ0) is 12.7. The van der Waals surface area contributed by atoms with Crippen LogP contribution >= 0.6 is 11.3 Å². The van der Waals surface area contributed by atoms with Crippen molar-refractivity contribution in [2.75, 3.05) is 5.32 Å². The Morgan fingerprint density at radius 3 is 3.16 bits per heavy atom. The van der Waals surface area contributed by atoms with E-state index in [0.717, 1.165) is 34.9 Å². The number of nitrogens with one attached hydrogen (secondary N) is 2. The Balaban J connectivity index is 1.71. The van der Waals surface area contributed by atoms with Crippen LogP contribution in [0.3, 0.4) is 0 Å². The van der Waals surface area contributed by atoms with Gasteiger partial charge >= 0.3 is 0 Å². The van der Waals surface area contributed by atoms with E-state index >= 15 is 0 Å². The first-order valence-corrected chi connectivity index (χ1v) is 6.91. The molecule has 0 saturated carbocycles. The second kappa shape index (κ2) is 4.17. The van der Waals surface area contributed by atoms with Crippen LogP contribution in [0.1, 0.15) is 10.6 Å². The van der Waals surface area contributed by atoms with Gasteiger partial charge in [-0.15, -0.1) is 11.3 Å². The molecule has 0 atom stereocenters. The molecule has 0 spiro atoms. The smallest absolute Gasteiger partial charge is 0.188 e. The number of hydrogen-bond donors (Lipinski definition) is 2. The number of anilines is 2. The second-order valence-electron chi connectivity index (χ2n) is 4.42. The Kier molecular flexibility index (Phi) is 2.34. The van der Waals surface area contributed by atoms with E-state index in [1.165, 1.54) is 10.6 Å². The molecule has 3 heterocycles. The van der Waals surface area contributed by atoms with Crippen LogP contribution in [0.2, 0.25) is 0 Å². The van der Waals surface area contributed by atoms with Crippen LogP contribution in [0.15, 0.2) is 30.7 Å². The number of aromatic nitrogens is 4. The molecular weight excluding hydrogens is 258 g/mol. The maximum Gasteiger partial charge on any atom is 0.188 e. The van der Waals surface area contributed by atoms with Crippen molar-refractivity contribution < 1.29 is 0 Å². The zero-order valence-corrected chi connectivity index (χ0v) is 10.9. The minimum Gasteiger partial charge on any atom is -0.330 e. The quantitative estimate of drug-likeness (QED) is 0.750. The van der Waals surface area contributed by atoms with Crippen molar-refractivity contribution in [3.63, 3.8) is 0 Å². The third kappa shape index (κ3) is 1.80. The molecule has 0 saturated heterocycles. The Hall–Kier alpha value is -2.21. The van der Waals surface area contributed by atoms with E-state index in [2.05, 4.69) is 25.5 Å². The molecule has 0 unspecified atom stereocenters. The van der Waals surface area contributed by atoms with Crippen molar-refractivity contribution in [2.24, 2.45) is 0 Å². The summed E-state index contributed by atoms with van der Waals surface area (Å²) in [5, 5.41) is 11.4. The Labute approximate surface area is 113 Å². The van der Waals surface area contributed by atoms with Gasteiger partial charge in [-0.1, -0.05) is 0 Å². The van der Waals surface area contributed by atoms with E-state index < -0.39 is 0 Å². The van der Waals surface area contributed by atoms with Gasteiger partial charge in [-0.2, -0.15) is 5.10 Å². The predicted molar refractivity (Wildman–Crippen MR) is 74.6 cm³/mol. The highest BCUT2D eigenvalue weighted by atomic mass is 32.1. The third-order valence-electron chi connectivity index (χ3n) is 3.19. The number of hydrogen-bond acceptors (Lipinski definition) is 5. The largest absolute Gasteiger partial charge is 0.330 e. The van der Waals surface area contributed by atoms with E-state index in [-0.39, 0.29) is 0 Å². The van der Waals surface area contributed by atoms with Crippen molar-refractivity contribution in [1.29, 1.82) is 0 Å². The number of aromatic amines is 1. The summed E-state index contributed by atoms with van der Waals surface area (Å²) in [4.78, 5) is 10.1. The van der Waals surface area contributed by atoms with Gasteiger partial charge in [-0.3, -0.25) is 10.1 Å². The minimum atomic E-state index is 0.909. The van der Waals surface area contributed by atoms with Crippen molar-refractivity contribution in [2.45, 2.75) is 12.8 Å². The lowest BCUT2D eigenvalue weighted by molar-refractivity contribution is 0.891. The molecule has 0 aromatic carbocycles. The molecule has 19 heavy (non-hydrogen) atoms. The summed E-state index contributed by atoms with van der Waals surface area (Å²) < 4.78 is 0. The van der Waals surface area contributed by atoms with E-state index in [9.17, 15) is 0 Å². The van der Waals surface area contributed by atoms with Gasteiger partial charge in [0.1, 0.15) is 0 Å². The molecule has 94 valence electrons. The number of nitrogens with zero attached hydrogens (tertiary/aromatic N) is 3. The normalized spacial score (nSPS) is 12.8. The minimum absolute atomic E-state index is 0.909. The third-order valence-corrected chi connectivity index (χ3v) is 4.22. The zero-order valence-electron chi connectivity index (χ0n) is 10.1. The highest BCUT2D eigenvalue weighted by molar-refractivity contribution is 7.16. The summed E-state index contributed by atoms with van der Waals surface area (Å²) in [6, 6.07) is 3.89. The van der Waals surface area contributed by atoms with Gasteiger partial charge in [-0.05, 0) is 25.0 Å². The van der Waals surface area contributed by atoms with Crippen LogP contribution in [0.25, 0.3) is 11.3 Å². The lowest BCUT2D eigenvalue weighted by atomic mass is 10.0. The molecule has 3 aromatic rings. The molecule has 0 radical (unpaired) electrons. The molecule has 0 amide bonds. The first-order chi connectivity index (χ1) is 9.40. The lowest BCUT2D eigenvalue weighted by Crippen LogP contribution is -2.00. The summed E-state index contributed by atoms with van der Waals surface area (Å²) in [6.45, 7) is 0. The van der Waals surface area contributed by atoms with Crippen LogP contribution in [-0.2, 0) is 12.8 Å². The Morgan fingerprint density at radius 1 is 1.26 bits per heavy atom. The maximum absolute atomic E-state index is 4.68. The number of H-pyrrole nitrogens is 1. The Morgan fingerprint density at radius 2 is 2.26 bits per heavy atom. The van der Waals surface area contributed by atoms with Crippen molar-refractivity contribution in [3.8, 4) is 11.3 Å². The van der Waals surface area contributed by atoms with Gasteiger partial charge in [0.05, 0.1) is 23.8 Å². The molecule has 2 N–H and O–H groups in total. The predicted octanol–water partition coefficient (Wildman–Crippen LogP) is 2.77. The Bertz CT molecular complexity index is 716. The van der Waals surface area contributed by atoms with Gasteiger partial charge in [0, 0.05) is 22.3 Å². The van der Waals surface area contributed by atoms with Gasteiger partial charge in [0.15, 0.2) is 5.13 Å². The summed E-state index contributed by atoms with van der Waals surface area (Å²) >= 11 is 1.71. The molecule has 1 aliphatic rings. The summed E-state index contributed by atoms with van der Waals surface area (Å²) in [5.41, 5.74) is 4.34. The number of rotatable bonds is 2. The molecular formula is C13H11N5S. The highest BCUT2D eigenvalue weighted by Crippen LogP contribution is 2.37. The SMILES string of the molecule is c1cncc(Nc2nc3c(s2)CCc2[nH]ncc2-3)c1. The van der Waals surface area contributed by atoms with Gasteiger partial charge < -0.3 is 5.32 Å². The molecule has 0 bridgehead atoms. The highest BCUT2D eigenvalue weighted by Gasteiger charge is 2.22. The van der Waals surface area contributed by atoms with Crippen molar-refractivity contribution in [1.82, 2.24) is 20.2 Å². The van der Waals surface area contributed by atoms with Crippen LogP contribution in [-0.4, -0.2) is 20.2 Å². The van der Waals surface area contributed by atoms with Crippen LogP contribution < -0.4 is 5.32 Å². The fourth-order valence-electron chi connectivity index (χ4n) is 2.29. The van der Waals surface area contributed by atoms with Crippen molar-refractivity contribution >= 4 is 22.2 Å². The molecule has 6 heteroatoms. The fourth-order valence-corrected chi connectivity index (χ4v) is 3.29. The van der Waals surface area contributed by atoms with E-state index in [0.29, 0.717) is 0 Å². The van der Waals surface area contributed by atoms with E-state index in [1.54, 1.807) is 23.7 Å². The van der Waals surface area contributed by atoms with Crippen LogP contribution in [0.4, 0.5) is 10.8 Å². The summed E-state index contributed by atoms with van der Waals surface area (Å²) in [7, 11) is 0. The lowest BCUT2D eigenvalue weighted by Gasteiger charge is -2.08. The number of thiazole rings is 1. The second-order valence-corrected chi connectivity index (χ2v) is 5.50. The molecule has 0 fully saturated rings. The number of aryl methyl sites for hydroxylation is 2. The average molecular weight is 269 g/mol. The molecule has 4 rings (SSSR count). The summed E-state index contributed by atoms with van der Waals surface area (Å²) in [6.07, 6.45) is 7.45. The van der Waals surface area contributed by atoms with Crippen molar-refractivity contribution in [3.05, 3.63) is 41.3 Å². The van der Waals surface area contributed by atoms with Gasteiger partial charge in [0.25, 0.3) is 0 Å². The monoisotopic (exact) mass is 269 g/mol. The van der Waals surface area contributed by atoms with Gasteiger partial charge in [-0.25, -0.2) is 4.98 Å². The number of pyridine rings is 1. The first-order valence-electron chi connectivity index (χ1n) is 6.09. The molecule has 1 aliphatic carbocycles. The first kappa shape index (κ1) is 10.7. The van der Waals surface area contributed by atoms with Crippen LogP contribution in [0.5, 0.6) is 0 Å². The van der Waals surface area contributed by atoms with Gasteiger partial charge in [0.2, 0.25) is 0 Å². The molecule has 0 aliphatic heterocycles. The topological polar surface area (TPSA) is 66.5 Å². The fraction of sp³-hybridized carbons (Fsp3) is 0.154.